The summed E-state index contributed by atoms with van der Waals surface area (Å²) in [7, 11) is 2.01. The molecule has 1 fully saturated rings. The lowest BCUT2D eigenvalue weighted by Crippen LogP contribution is -2.39. The predicted molar refractivity (Wildman–Crippen MR) is 61.9 cm³/mol. The number of hydrogen-bond acceptors (Lipinski definition) is 3. The van der Waals surface area contributed by atoms with Crippen LogP contribution in [0.2, 0.25) is 0 Å². The van der Waals surface area contributed by atoms with E-state index in [1.807, 2.05) is 11.9 Å². The third kappa shape index (κ3) is 4.62. The van der Waals surface area contributed by atoms with Crippen molar-refractivity contribution < 1.29 is 4.79 Å². The lowest BCUT2D eigenvalue weighted by Gasteiger charge is -2.21. The third-order valence-electron chi connectivity index (χ3n) is 2.78. The zero-order chi connectivity index (χ0) is 11.1. The largest absolute Gasteiger partial charge is 0.342 e. The second-order valence-corrected chi connectivity index (χ2v) is 4.18. The fourth-order valence-corrected chi connectivity index (χ4v) is 1.82. The predicted octanol–water partition coefficient (Wildman–Crippen LogP) is 0.150. The van der Waals surface area contributed by atoms with Crippen LogP contribution in [0, 0.1) is 0 Å². The Balaban J connectivity index is 2.13. The normalized spacial score (nSPS) is 16.3. The standard InChI is InChI=1S/C11H23N3O/c1-3-12-6-9-13(2)10-11(15)14-7-4-5-8-14/h12H,3-10H2,1-2H3. The fourth-order valence-electron chi connectivity index (χ4n) is 1.82. The van der Waals surface area contributed by atoms with E-state index in [0.29, 0.717) is 6.54 Å². The molecule has 1 rings (SSSR count). The highest BCUT2D eigenvalue weighted by Gasteiger charge is 2.18. The maximum absolute atomic E-state index is 11.8. The Hall–Kier alpha value is -0.610. The van der Waals surface area contributed by atoms with Crippen LogP contribution >= 0.6 is 0 Å². The summed E-state index contributed by atoms with van der Waals surface area (Å²) in [5.41, 5.74) is 0. The summed E-state index contributed by atoms with van der Waals surface area (Å²) >= 11 is 0. The van der Waals surface area contributed by atoms with Crippen LogP contribution in [0.4, 0.5) is 0 Å². The zero-order valence-corrected chi connectivity index (χ0v) is 9.96. The summed E-state index contributed by atoms with van der Waals surface area (Å²) in [6.45, 7) is 7.46. The molecule has 0 saturated carbocycles. The highest BCUT2D eigenvalue weighted by Crippen LogP contribution is 2.07. The van der Waals surface area contributed by atoms with Gasteiger partial charge in [0.05, 0.1) is 6.54 Å². The van der Waals surface area contributed by atoms with Crippen LogP contribution in [-0.4, -0.2) is 62.0 Å². The molecule has 1 saturated heterocycles. The van der Waals surface area contributed by atoms with Gasteiger partial charge in [-0.1, -0.05) is 6.92 Å². The van der Waals surface area contributed by atoms with Crippen LogP contribution < -0.4 is 5.32 Å². The number of nitrogens with zero attached hydrogens (tertiary/aromatic N) is 2. The smallest absolute Gasteiger partial charge is 0.236 e. The van der Waals surface area contributed by atoms with E-state index in [-0.39, 0.29) is 5.91 Å². The van der Waals surface area contributed by atoms with Crippen molar-refractivity contribution in [3.63, 3.8) is 0 Å². The van der Waals surface area contributed by atoms with Gasteiger partial charge in [-0.25, -0.2) is 0 Å². The van der Waals surface area contributed by atoms with Crippen molar-refractivity contribution in [1.82, 2.24) is 15.1 Å². The molecular formula is C11H23N3O. The lowest BCUT2D eigenvalue weighted by atomic mass is 10.4. The van der Waals surface area contributed by atoms with E-state index in [1.165, 1.54) is 12.8 Å². The number of rotatable bonds is 6. The minimum absolute atomic E-state index is 0.284. The van der Waals surface area contributed by atoms with Crippen LogP contribution in [-0.2, 0) is 4.79 Å². The van der Waals surface area contributed by atoms with Gasteiger partial charge in [0.15, 0.2) is 0 Å². The van der Waals surface area contributed by atoms with Gasteiger partial charge in [-0.2, -0.15) is 0 Å². The highest BCUT2D eigenvalue weighted by molar-refractivity contribution is 5.78. The van der Waals surface area contributed by atoms with E-state index in [1.54, 1.807) is 0 Å². The van der Waals surface area contributed by atoms with Gasteiger partial charge in [0.25, 0.3) is 0 Å². The van der Waals surface area contributed by atoms with E-state index in [0.717, 1.165) is 32.7 Å². The average molecular weight is 213 g/mol. The van der Waals surface area contributed by atoms with Gasteiger partial charge >= 0.3 is 0 Å². The molecule has 1 aliphatic rings. The van der Waals surface area contributed by atoms with Crippen molar-refractivity contribution in [3.8, 4) is 0 Å². The Morgan fingerprint density at radius 3 is 2.67 bits per heavy atom. The second kappa shape index (κ2) is 6.80. The SMILES string of the molecule is CCNCCN(C)CC(=O)N1CCCC1. The molecule has 1 amide bonds. The summed E-state index contributed by atoms with van der Waals surface area (Å²) in [6.07, 6.45) is 2.35. The van der Waals surface area contributed by atoms with E-state index in [9.17, 15) is 4.79 Å². The number of hydrogen-bond donors (Lipinski definition) is 1. The summed E-state index contributed by atoms with van der Waals surface area (Å²) in [6, 6.07) is 0. The fraction of sp³-hybridized carbons (Fsp3) is 0.909. The van der Waals surface area contributed by atoms with Crippen molar-refractivity contribution in [3.05, 3.63) is 0 Å². The first kappa shape index (κ1) is 12.5. The van der Waals surface area contributed by atoms with Gasteiger partial charge in [-0.15, -0.1) is 0 Å². The number of carbonyl (C=O) groups is 1. The monoisotopic (exact) mass is 213 g/mol. The topological polar surface area (TPSA) is 35.6 Å². The van der Waals surface area contributed by atoms with Crippen molar-refractivity contribution in [2.75, 3.05) is 46.3 Å². The number of likely N-dealkylation sites (tertiary alicyclic amines) is 1. The van der Waals surface area contributed by atoms with E-state index in [2.05, 4.69) is 17.1 Å². The highest BCUT2D eigenvalue weighted by atomic mass is 16.2. The first-order chi connectivity index (χ1) is 7.24. The molecule has 0 spiro atoms. The van der Waals surface area contributed by atoms with Gasteiger partial charge < -0.3 is 10.2 Å². The molecule has 0 aromatic rings. The number of amides is 1. The molecule has 0 aliphatic carbocycles. The van der Waals surface area contributed by atoms with Crippen molar-refractivity contribution in [2.24, 2.45) is 0 Å². The van der Waals surface area contributed by atoms with Gasteiger partial charge in [-0.3, -0.25) is 9.69 Å². The van der Waals surface area contributed by atoms with E-state index >= 15 is 0 Å². The van der Waals surface area contributed by atoms with Gasteiger partial charge in [-0.05, 0) is 26.4 Å². The number of nitrogens with one attached hydrogen (secondary N) is 1. The van der Waals surface area contributed by atoms with E-state index < -0.39 is 0 Å². The third-order valence-corrected chi connectivity index (χ3v) is 2.78. The zero-order valence-electron chi connectivity index (χ0n) is 9.96. The summed E-state index contributed by atoms with van der Waals surface area (Å²) in [4.78, 5) is 15.8. The average Bonchev–Trinajstić information content (AvgIpc) is 2.70. The summed E-state index contributed by atoms with van der Waals surface area (Å²) in [5.74, 6) is 0.284. The minimum Gasteiger partial charge on any atom is -0.342 e. The Bertz CT molecular complexity index is 190. The lowest BCUT2D eigenvalue weighted by molar-refractivity contribution is -0.131. The van der Waals surface area contributed by atoms with Gasteiger partial charge in [0, 0.05) is 26.2 Å². The molecule has 1 heterocycles. The second-order valence-electron chi connectivity index (χ2n) is 4.18. The van der Waals surface area contributed by atoms with Crippen LogP contribution in [0.3, 0.4) is 0 Å². The molecule has 0 atom stereocenters. The molecule has 88 valence electrons. The minimum atomic E-state index is 0.284. The Kier molecular flexibility index (Phi) is 5.65. The molecule has 0 aromatic heterocycles. The first-order valence-corrected chi connectivity index (χ1v) is 5.91. The van der Waals surface area contributed by atoms with Gasteiger partial charge in [0.1, 0.15) is 0 Å². The number of likely N-dealkylation sites (N-methyl/N-ethyl adjacent to an activating group) is 2. The molecule has 1 aliphatic heterocycles. The Labute approximate surface area is 92.6 Å². The van der Waals surface area contributed by atoms with Crippen molar-refractivity contribution in [2.45, 2.75) is 19.8 Å². The van der Waals surface area contributed by atoms with Crippen molar-refractivity contribution >= 4 is 5.91 Å². The maximum atomic E-state index is 11.8. The molecule has 4 heteroatoms. The molecular weight excluding hydrogens is 190 g/mol. The molecule has 4 nitrogen and oxygen atoms in total. The summed E-state index contributed by atoms with van der Waals surface area (Å²) in [5, 5.41) is 3.26. The van der Waals surface area contributed by atoms with Crippen molar-refractivity contribution in [1.29, 1.82) is 0 Å². The molecule has 0 unspecified atom stereocenters. The Morgan fingerprint density at radius 2 is 2.07 bits per heavy atom. The van der Waals surface area contributed by atoms with Crippen LogP contribution in [0.1, 0.15) is 19.8 Å². The van der Waals surface area contributed by atoms with E-state index in [4.69, 9.17) is 0 Å². The van der Waals surface area contributed by atoms with Crippen LogP contribution in [0.15, 0.2) is 0 Å². The Morgan fingerprint density at radius 1 is 1.40 bits per heavy atom. The summed E-state index contributed by atoms with van der Waals surface area (Å²) < 4.78 is 0. The van der Waals surface area contributed by atoms with Crippen LogP contribution in [0.5, 0.6) is 0 Å². The quantitative estimate of drug-likeness (QED) is 0.638. The van der Waals surface area contributed by atoms with Crippen LogP contribution in [0.25, 0.3) is 0 Å². The molecule has 1 N–H and O–H groups in total. The maximum Gasteiger partial charge on any atom is 0.236 e. The molecule has 0 bridgehead atoms. The number of carbonyl (C=O) groups excluding carboxylic acids is 1. The molecule has 0 aromatic carbocycles. The molecule has 15 heavy (non-hydrogen) atoms. The van der Waals surface area contributed by atoms with Gasteiger partial charge in [0.2, 0.25) is 5.91 Å². The first-order valence-electron chi connectivity index (χ1n) is 5.91. The molecule has 0 radical (unpaired) electrons.